The molecule has 2 nitrogen and oxygen atoms in total. The van der Waals surface area contributed by atoms with Crippen molar-refractivity contribution in [3.63, 3.8) is 0 Å². The van der Waals surface area contributed by atoms with Gasteiger partial charge in [-0.25, -0.2) is 0 Å². The van der Waals surface area contributed by atoms with E-state index >= 15 is 0 Å². The highest BCUT2D eigenvalue weighted by molar-refractivity contribution is 8.00. The van der Waals surface area contributed by atoms with Crippen LogP contribution in [0, 0.1) is 0 Å². The molecular weight excluding hydrogens is 280 g/mol. The third-order valence-electron chi connectivity index (χ3n) is 3.62. The zero-order chi connectivity index (χ0) is 15.3. The van der Waals surface area contributed by atoms with Gasteiger partial charge in [-0.1, -0.05) is 76.5 Å². The van der Waals surface area contributed by atoms with Crippen molar-refractivity contribution in [1.82, 2.24) is 0 Å². The lowest BCUT2D eigenvalue weighted by molar-refractivity contribution is -0.136. The van der Waals surface area contributed by atoms with Crippen LogP contribution >= 0.6 is 11.8 Å². The van der Waals surface area contributed by atoms with E-state index in [1.807, 2.05) is 30.3 Å². The average molecular weight is 308 g/mol. The second-order valence-corrected chi connectivity index (χ2v) is 6.80. The van der Waals surface area contributed by atoms with Crippen LogP contribution in [0.25, 0.3) is 0 Å². The van der Waals surface area contributed by atoms with Crippen molar-refractivity contribution < 1.29 is 9.90 Å². The van der Waals surface area contributed by atoms with Gasteiger partial charge < -0.3 is 5.11 Å². The van der Waals surface area contributed by atoms with E-state index in [-0.39, 0.29) is 5.25 Å². The maximum absolute atomic E-state index is 11.3. The number of thioether (sulfide) groups is 1. The smallest absolute Gasteiger partial charge is 0.316 e. The number of unbranched alkanes of at least 4 members (excludes halogenated alkanes) is 7. The quantitative estimate of drug-likeness (QED) is 0.394. The lowest BCUT2D eigenvalue weighted by atomic mass is 10.1. The highest BCUT2D eigenvalue weighted by Gasteiger charge is 2.18. The van der Waals surface area contributed by atoms with E-state index < -0.39 is 5.97 Å². The minimum absolute atomic E-state index is 0.313. The molecule has 0 radical (unpaired) electrons. The van der Waals surface area contributed by atoms with E-state index in [9.17, 15) is 9.90 Å². The van der Waals surface area contributed by atoms with Crippen LogP contribution in [-0.2, 0) is 4.79 Å². The lowest BCUT2D eigenvalue weighted by Gasteiger charge is -2.11. The van der Waals surface area contributed by atoms with Crippen LogP contribution in [0.3, 0.4) is 0 Å². The summed E-state index contributed by atoms with van der Waals surface area (Å²) in [4.78, 5) is 12.4. The molecule has 0 aliphatic heterocycles. The van der Waals surface area contributed by atoms with E-state index in [4.69, 9.17) is 0 Å². The van der Waals surface area contributed by atoms with Crippen molar-refractivity contribution in [2.24, 2.45) is 0 Å². The lowest BCUT2D eigenvalue weighted by Crippen LogP contribution is -2.16. The molecule has 118 valence electrons. The average Bonchev–Trinajstić information content (AvgIpc) is 2.49. The van der Waals surface area contributed by atoms with E-state index in [2.05, 4.69) is 6.92 Å². The summed E-state index contributed by atoms with van der Waals surface area (Å²) in [5.41, 5.74) is 0. The van der Waals surface area contributed by atoms with Crippen LogP contribution in [0.15, 0.2) is 35.2 Å². The highest BCUT2D eigenvalue weighted by atomic mass is 32.2. The Labute approximate surface area is 133 Å². The van der Waals surface area contributed by atoms with Crippen LogP contribution in [0.5, 0.6) is 0 Å². The molecule has 3 heteroatoms. The first-order valence-electron chi connectivity index (χ1n) is 8.18. The minimum Gasteiger partial charge on any atom is -0.480 e. The summed E-state index contributed by atoms with van der Waals surface area (Å²) >= 11 is 1.47. The predicted molar refractivity (Wildman–Crippen MR) is 90.9 cm³/mol. The van der Waals surface area contributed by atoms with E-state index in [1.165, 1.54) is 50.3 Å². The standard InChI is InChI=1S/C18H28O2S/c1-2-3-4-5-6-7-8-12-15-17(18(19)20)21-16-13-10-9-11-14-16/h9-11,13-14,17H,2-8,12,15H2,1H3,(H,19,20). The van der Waals surface area contributed by atoms with E-state index in [0.29, 0.717) is 0 Å². The summed E-state index contributed by atoms with van der Waals surface area (Å²) in [6.45, 7) is 2.23. The molecule has 21 heavy (non-hydrogen) atoms. The van der Waals surface area contributed by atoms with Crippen molar-refractivity contribution in [1.29, 1.82) is 0 Å². The van der Waals surface area contributed by atoms with Gasteiger partial charge in [0.15, 0.2) is 0 Å². The van der Waals surface area contributed by atoms with Crippen LogP contribution in [-0.4, -0.2) is 16.3 Å². The second kappa shape index (κ2) is 11.7. The first kappa shape index (κ1) is 18.1. The molecule has 1 unspecified atom stereocenters. The molecule has 1 aromatic carbocycles. The van der Waals surface area contributed by atoms with Gasteiger partial charge in [-0.05, 0) is 18.6 Å². The molecule has 1 atom stereocenters. The number of carbonyl (C=O) groups is 1. The zero-order valence-corrected chi connectivity index (χ0v) is 13.9. The van der Waals surface area contributed by atoms with Gasteiger partial charge in [-0.15, -0.1) is 11.8 Å². The molecule has 0 aliphatic rings. The molecule has 0 aromatic heterocycles. The molecule has 1 rings (SSSR count). The molecule has 0 aliphatic carbocycles. The SMILES string of the molecule is CCCCCCCCCCC(Sc1ccccc1)C(=O)O. The van der Waals surface area contributed by atoms with E-state index in [1.54, 1.807) is 0 Å². The summed E-state index contributed by atoms with van der Waals surface area (Å²) in [6, 6.07) is 9.83. The van der Waals surface area contributed by atoms with Crippen molar-refractivity contribution in [3.8, 4) is 0 Å². The minimum atomic E-state index is -0.688. The zero-order valence-electron chi connectivity index (χ0n) is 13.1. The molecule has 0 fully saturated rings. The highest BCUT2D eigenvalue weighted by Crippen LogP contribution is 2.27. The Morgan fingerprint density at radius 2 is 1.57 bits per heavy atom. The number of hydrogen-bond acceptors (Lipinski definition) is 2. The van der Waals surface area contributed by atoms with E-state index in [0.717, 1.165) is 24.2 Å². The van der Waals surface area contributed by atoms with Crippen molar-refractivity contribution in [3.05, 3.63) is 30.3 Å². The van der Waals surface area contributed by atoms with Crippen LogP contribution in [0.2, 0.25) is 0 Å². The fraction of sp³-hybridized carbons (Fsp3) is 0.611. The van der Waals surface area contributed by atoms with Crippen molar-refractivity contribution >= 4 is 17.7 Å². The molecule has 0 heterocycles. The normalized spacial score (nSPS) is 12.2. The number of carboxylic acid groups (broad SMARTS) is 1. The molecule has 0 amide bonds. The number of carboxylic acids is 1. The number of benzene rings is 1. The van der Waals surface area contributed by atoms with Gasteiger partial charge in [-0.2, -0.15) is 0 Å². The summed E-state index contributed by atoms with van der Waals surface area (Å²) in [6.07, 6.45) is 10.8. The van der Waals surface area contributed by atoms with Gasteiger partial charge >= 0.3 is 5.97 Å². The first-order chi connectivity index (χ1) is 10.2. The Hall–Kier alpha value is -0.960. The monoisotopic (exact) mass is 308 g/mol. The Morgan fingerprint density at radius 1 is 1.00 bits per heavy atom. The van der Waals surface area contributed by atoms with Crippen molar-refractivity contribution in [2.45, 2.75) is 74.9 Å². The van der Waals surface area contributed by atoms with Crippen LogP contribution in [0.4, 0.5) is 0 Å². The second-order valence-electron chi connectivity index (χ2n) is 5.52. The van der Waals surface area contributed by atoms with Gasteiger partial charge in [-0.3, -0.25) is 4.79 Å². The van der Waals surface area contributed by atoms with Crippen molar-refractivity contribution in [2.75, 3.05) is 0 Å². The summed E-state index contributed by atoms with van der Waals surface area (Å²) in [7, 11) is 0. The molecule has 0 spiro atoms. The van der Waals surface area contributed by atoms with Gasteiger partial charge in [0.1, 0.15) is 5.25 Å². The Kier molecular flexibility index (Phi) is 10.1. The summed E-state index contributed by atoms with van der Waals surface area (Å²) in [5, 5.41) is 9.00. The molecule has 0 saturated carbocycles. The largest absolute Gasteiger partial charge is 0.480 e. The molecule has 1 aromatic rings. The number of hydrogen-bond donors (Lipinski definition) is 1. The maximum atomic E-state index is 11.3. The number of rotatable bonds is 12. The van der Waals surface area contributed by atoms with Crippen LogP contribution in [0.1, 0.15) is 64.7 Å². The Balaban J connectivity index is 2.16. The van der Waals surface area contributed by atoms with Crippen LogP contribution < -0.4 is 0 Å². The summed E-state index contributed by atoms with van der Waals surface area (Å²) < 4.78 is 0. The molecule has 0 bridgehead atoms. The Morgan fingerprint density at radius 3 is 2.14 bits per heavy atom. The third kappa shape index (κ3) is 8.82. The van der Waals surface area contributed by atoms with Gasteiger partial charge in [0.05, 0.1) is 0 Å². The maximum Gasteiger partial charge on any atom is 0.316 e. The third-order valence-corrected chi connectivity index (χ3v) is 4.88. The number of aliphatic carboxylic acids is 1. The fourth-order valence-electron chi connectivity index (χ4n) is 2.36. The molecule has 1 N–H and O–H groups in total. The Bertz CT molecular complexity index is 378. The van der Waals surface area contributed by atoms with Gasteiger partial charge in [0.25, 0.3) is 0 Å². The van der Waals surface area contributed by atoms with Gasteiger partial charge in [0.2, 0.25) is 0 Å². The first-order valence-corrected chi connectivity index (χ1v) is 9.06. The topological polar surface area (TPSA) is 37.3 Å². The fourth-order valence-corrected chi connectivity index (χ4v) is 3.39. The summed E-state index contributed by atoms with van der Waals surface area (Å²) in [5.74, 6) is -0.688. The predicted octanol–water partition coefficient (Wildman–Crippen LogP) is 5.76. The molecular formula is C18H28O2S. The molecule has 0 saturated heterocycles. The van der Waals surface area contributed by atoms with Gasteiger partial charge in [0, 0.05) is 4.90 Å².